The Bertz CT molecular complexity index is 582. The molecule has 3 nitrogen and oxygen atoms in total. The lowest BCUT2D eigenvalue weighted by Crippen LogP contribution is -2.44. The van der Waals surface area contributed by atoms with Crippen molar-refractivity contribution in [2.75, 3.05) is 11.5 Å². The Balaban J connectivity index is 1.80. The van der Waals surface area contributed by atoms with Crippen molar-refractivity contribution in [3.05, 3.63) is 28.2 Å². The lowest BCUT2D eigenvalue weighted by atomic mass is 9.95. The predicted octanol–water partition coefficient (Wildman–Crippen LogP) is 3.60. The molecule has 20 heavy (non-hydrogen) atoms. The van der Waals surface area contributed by atoms with Gasteiger partial charge in [0, 0.05) is 11.1 Å². The summed E-state index contributed by atoms with van der Waals surface area (Å²) >= 11 is 3.54. The lowest BCUT2D eigenvalue weighted by Gasteiger charge is -2.32. The quantitative estimate of drug-likeness (QED) is 0.784. The van der Waals surface area contributed by atoms with E-state index < -0.39 is 0 Å². The summed E-state index contributed by atoms with van der Waals surface area (Å²) < 4.78 is 6.92. The molecule has 3 atom stereocenters. The summed E-state index contributed by atoms with van der Waals surface area (Å²) in [5, 5.41) is 0. The van der Waals surface area contributed by atoms with Gasteiger partial charge in [0.05, 0.1) is 11.1 Å². The Morgan fingerprint density at radius 1 is 1.40 bits per heavy atom. The summed E-state index contributed by atoms with van der Waals surface area (Å²) in [5.74, 6) is 0.696. The highest BCUT2D eigenvalue weighted by Gasteiger charge is 2.65. The van der Waals surface area contributed by atoms with E-state index in [0.717, 1.165) is 42.5 Å². The Labute approximate surface area is 127 Å². The number of hydrogen-bond acceptors (Lipinski definition) is 2. The number of nitrogens with zero attached hydrogens (tertiary/aromatic N) is 1. The van der Waals surface area contributed by atoms with E-state index in [0.29, 0.717) is 5.92 Å². The summed E-state index contributed by atoms with van der Waals surface area (Å²) in [6.07, 6.45) is 4.10. The molecule has 3 unspecified atom stereocenters. The summed E-state index contributed by atoms with van der Waals surface area (Å²) in [6.45, 7) is 2.94. The molecule has 0 aromatic heterocycles. The van der Waals surface area contributed by atoms with Gasteiger partial charge in [0.2, 0.25) is 5.91 Å². The monoisotopic (exact) mass is 335 g/mol. The van der Waals surface area contributed by atoms with Crippen molar-refractivity contribution in [1.82, 2.24) is 0 Å². The molecule has 1 spiro atoms. The second kappa shape index (κ2) is 4.31. The first kappa shape index (κ1) is 12.8. The normalized spacial score (nSPS) is 35.5. The van der Waals surface area contributed by atoms with Crippen LogP contribution in [0.25, 0.3) is 0 Å². The Kier molecular flexibility index (Phi) is 2.77. The van der Waals surface area contributed by atoms with E-state index in [1.807, 2.05) is 11.0 Å². The molecule has 106 valence electrons. The van der Waals surface area contributed by atoms with Gasteiger partial charge in [-0.15, -0.1) is 0 Å². The van der Waals surface area contributed by atoms with Crippen molar-refractivity contribution >= 4 is 27.5 Å². The number of benzene rings is 1. The zero-order valence-corrected chi connectivity index (χ0v) is 13.1. The molecule has 4 rings (SSSR count). The van der Waals surface area contributed by atoms with Crippen molar-refractivity contribution in [3.8, 4) is 0 Å². The topological polar surface area (TPSA) is 29.5 Å². The number of carbonyl (C=O) groups is 1. The molecule has 2 heterocycles. The number of carbonyl (C=O) groups excluding carboxylic acids is 1. The van der Waals surface area contributed by atoms with Crippen molar-refractivity contribution in [3.63, 3.8) is 0 Å². The van der Waals surface area contributed by atoms with Crippen LogP contribution >= 0.6 is 15.9 Å². The molecular formula is C16H18BrNO2. The molecule has 0 bridgehead atoms. The van der Waals surface area contributed by atoms with Crippen LogP contribution in [-0.2, 0) is 14.9 Å². The number of anilines is 1. The van der Waals surface area contributed by atoms with E-state index in [2.05, 4.69) is 35.0 Å². The third-order valence-corrected chi connectivity index (χ3v) is 5.55. The summed E-state index contributed by atoms with van der Waals surface area (Å²) in [4.78, 5) is 14.9. The summed E-state index contributed by atoms with van der Waals surface area (Å²) in [6, 6.07) is 6.21. The number of hydrogen-bond donors (Lipinski definition) is 0. The zero-order valence-electron chi connectivity index (χ0n) is 11.6. The smallest absolute Gasteiger partial charge is 0.240 e. The maximum atomic E-state index is 13.0. The zero-order chi connectivity index (χ0) is 13.9. The Hall–Kier alpha value is -0.870. The summed E-state index contributed by atoms with van der Waals surface area (Å²) in [7, 11) is 0. The first-order chi connectivity index (χ1) is 9.64. The molecule has 1 aromatic carbocycles. The van der Waals surface area contributed by atoms with Gasteiger partial charge in [0.1, 0.15) is 6.23 Å². The van der Waals surface area contributed by atoms with Crippen LogP contribution in [0.15, 0.2) is 22.7 Å². The van der Waals surface area contributed by atoms with Crippen LogP contribution in [0.3, 0.4) is 0 Å². The van der Waals surface area contributed by atoms with Crippen molar-refractivity contribution in [2.24, 2.45) is 5.92 Å². The van der Waals surface area contributed by atoms with E-state index >= 15 is 0 Å². The van der Waals surface area contributed by atoms with Gasteiger partial charge in [-0.2, -0.15) is 0 Å². The highest BCUT2D eigenvalue weighted by atomic mass is 79.9. The molecule has 1 saturated carbocycles. The minimum atomic E-state index is -0.264. The maximum absolute atomic E-state index is 13.0. The highest BCUT2D eigenvalue weighted by molar-refractivity contribution is 9.10. The fraction of sp³-hybridized carbons (Fsp3) is 0.562. The van der Waals surface area contributed by atoms with Gasteiger partial charge in [-0.3, -0.25) is 9.69 Å². The predicted molar refractivity (Wildman–Crippen MR) is 80.7 cm³/mol. The molecule has 1 saturated heterocycles. The number of amides is 1. The van der Waals surface area contributed by atoms with E-state index in [1.165, 1.54) is 5.56 Å². The van der Waals surface area contributed by atoms with E-state index in [-0.39, 0.29) is 17.6 Å². The fourth-order valence-electron chi connectivity index (χ4n) is 3.83. The molecule has 1 aromatic rings. The van der Waals surface area contributed by atoms with Gasteiger partial charge in [0.15, 0.2) is 0 Å². The molecule has 3 aliphatic rings. The van der Waals surface area contributed by atoms with Crippen molar-refractivity contribution < 1.29 is 9.53 Å². The third-order valence-electron chi connectivity index (χ3n) is 5.05. The van der Waals surface area contributed by atoms with Crippen LogP contribution in [0.4, 0.5) is 5.69 Å². The minimum absolute atomic E-state index is 0.0663. The van der Waals surface area contributed by atoms with Crippen LogP contribution in [0, 0.1) is 5.92 Å². The largest absolute Gasteiger partial charge is 0.358 e. The molecule has 4 heteroatoms. The van der Waals surface area contributed by atoms with Gasteiger partial charge in [0.25, 0.3) is 0 Å². The average Bonchev–Trinajstić information content (AvgIpc) is 3.07. The van der Waals surface area contributed by atoms with Gasteiger partial charge < -0.3 is 4.74 Å². The van der Waals surface area contributed by atoms with Gasteiger partial charge >= 0.3 is 0 Å². The third kappa shape index (κ3) is 1.58. The SMILES string of the molecule is CC1CC12C(=O)N(C1CCCCO1)c1ccc(Br)cc12. The van der Waals surface area contributed by atoms with Crippen LogP contribution in [-0.4, -0.2) is 18.7 Å². The molecule has 1 amide bonds. The maximum Gasteiger partial charge on any atom is 0.240 e. The number of rotatable bonds is 1. The highest BCUT2D eigenvalue weighted by Crippen LogP contribution is 2.62. The minimum Gasteiger partial charge on any atom is -0.358 e. The van der Waals surface area contributed by atoms with Crippen LogP contribution in [0.5, 0.6) is 0 Å². The van der Waals surface area contributed by atoms with Crippen molar-refractivity contribution in [2.45, 2.75) is 44.2 Å². The first-order valence-electron chi connectivity index (χ1n) is 7.40. The van der Waals surface area contributed by atoms with Crippen LogP contribution in [0.2, 0.25) is 0 Å². The lowest BCUT2D eigenvalue weighted by molar-refractivity contribution is -0.124. The Morgan fingerprint density at radius 2 is 2.20 bits per heavy atom. The standard InChI is InChI=1S/C16H18BrNO2/c1-10-9-16(10)12-8-11(17)5-6-13(12)18(15(16)19)14-4-2-3-7-20-14/h5-6,8,10,14H,2-4,7,9H2,1H3. The fourth-order valence-corrected chi connectivity index (χ4v) is 4.19. The van der Waals surface area contributed by atoms with Crippen LogP contribution < -0.4 is 4.90 Å². The molecule has 0 radical (unpaired) electrons. The number of halogens is 1. The van der Waals surface area contributed by atoms with Gasteiger partial charge in [-0.25, -0.2) is 0 Å². The molecule has 1 aliphatic carbocycles. The van der Waals surface area contributed by atoms with E-state index in [4.69, 9.17) is 4.74 Å². The van der Waals surface area contributed by atoms with Crippen molar-refractivity contribution in [1.29, 1.82) is 0 Å². The van der Waals surface area contributed by atoms with Crippen LogP contribution in [0.1, 0.15) is 38.2 Å². The molecule has 0 N–H and O–H groups in total. The van der Waals surface area contributed by atoms with Gasteiger partial charge in [-0.05, 0) is 55.4 Å². The van der Waals surface area contributed by atoms with E-state index in [1.54, 1.807) is 0 Å². The Morgan fingerprint density at radius 3 is 2.85 bits per heavy atom. The van der Waals surface area contributed by atoms with E-state index in [9.17, 15) is 4.79 Å². The second-order valence-electron chi connectivity index (χ2n) is 6.23. The number of fused-ring (bicyclic) bond motifs is 2. The number of ether oxygens (including phenoxy) is 1. The summed E-state index contributed by atoms with van der Waals surface area (Å²) in [5.41, 5.74) is 1.99. The molecule has 2 aliphatic heterocycles. The first-order valence-corrected chi connectivity index (χ1v) is 8.19. The second-order valence-corrected chi connectivity index (χ2v) is 7.15. The average molecular weight is 336 g/mol. The van der Waals surface area contributed by atoms with Gasteiger partial charge in [-0.1, -0.05) is 22.9 Å². The molecular weight excluding hydrogens is 318 g/mol. The molecule has 2 fully saturated rings.